The molecule has 4 heteroatoms. The van der Waals surface area contributed by atoms with Gasteiger partial charge < -0.3 is 11.1 Å². The highest BCUT2D eigenvalue weighted by Crippen LogP contribution is 2.17. The second-order valence-corrected chi connectivity index (χ2v) is 6.45. The van der Waals surface area contributed by atoms with E-state index in [1.165, 1.54) is 5.56 Å². The van der Waals surface area contributed by atoms with Gasteiger partial charge in [-0.25, -0.2) is 0 Å². The number of Topliss-reactive ketones (excluding diaryl/α,β-unsaturated/α-hetero) is 1. The van der Waals surface area contributed by atoms with Crippen LogP contribution in [0.25, 0.3) is 0 Å². The van der Waals surface area contributed by atoms with Crippen LogP contribution in [0.4, 0.5) is 5.69 Å². The molecule has 2 aromatic carbocycles. The van der Waals surface area contributed by atoms with Crippen LogP contribution >= 0.6 is 12.2 Å². The van der Waals surface area contributed by atoms with E-state index >= 15 is 0 Å². The normalized spacial score (nSPS) is 11.8. The summed E-state index contributed by atoms with van der Waals surface area (Å²) in [6.07, 6.45) is 1.49. The topological polar surface area (TPSA) is 55.1 Å². The lowest BCUT2D eigenvalue weighted by Gasteiger charge is -2.20. The van der Waals surface area contributed by atoms with Crippen molar-refractivity contribution in [2.24, 2.45) is 0 Å². The van der Waals surface area contributed by atoms with Gasteiger partial charge in [0, 0.05) is 11.3 Å². The minimum Gasteiger partial charge on any atom is -0.399 e. The van der Waals surface area contributed by atoms with E-state index in [-0.39, 0.29) is 11.8 Å². The Kier molecular flexibility index (Phi) is 6.10. The Morgan fingerprint density at radius 3 is 2.46 bits per heavy atom. The lowest BCUT2D eigenvalue weighted by molar-refractivity contribution is -0.118. The van der Waals surface area contributed by atoms with Crippen LogP contribution in [0.15, 0.2) is 42.5 Å². The third-order valence-corrected chi connectivity index (χ3v) is 4.50. The Morgan fingerprint density at radius 2 is 1.88 bits per heavy atom. The first-order chi connectivity index (χ1) is 11.4. The molecule has 0 saturated carbocycles. The molecule has 126 valence electrons. The summed E-state index contributed by atoms with van der Waals surface area (Å²) in [5.74, 6) is 0.0702. The van der Waals surface area contributed by atoms with Gasteiger partial charge in [-0.1, -0.05) is 49.5 Å². The molecule has 0 spiro atoms. The molecule has 0 aromatic heterocycles. The summed E-state index contributed by atoms with van der Waals surface area (Å²) < 4.78 is 0. The number of nitrogen functional groups attached to an aromatic ring is 1. The molecule has 0 radical (unpaired) electrons. The second kappa shape index (κ2) is 8.06. The molecule has 0 aliphatic rings. The number of carbonyl (C=O) groups excluding carboxylic acids is 1. The molecule has 0 amide bonds. The van der Waals surface area contributed by atoms with Crippen molar-refractivity contribution in [3.8, 4) is 0 Å². The van der Waals surface area contributed by atoms with Crippen LogP contribution in [-0.4, -0.2) is 16.8 Å². The molecule has 3 nitrogen and oxygen atoms in total. The first kappa shape index (κ1) is 18.1. The number of anilines is 1. The number of rotatable bonds is 6. The molecule has 0 fully saturated rings. The smallest absolute Gasteiger partial charge is 0.152 e. The third-order valence-electron chi connectivity index (χ3n) is 4.18. The third kappa shape index (κ3) is 4.42. The molecular weight excluding hydrogens is 316 g/mol. The van der Waals surface area contributed by atoms with Crippen molar-refractivity contribution in [1.82, 2.24) is 5.32 Å². The molecule has 0 aliphatic carbocycles. The van der Waals surface area contributed by atoms with Gasteiger partial charge in [-0.05, 0) is 55.5 Å². The average Bonchev–Trinajstić information content (AvgIpc) is 2.55. The first-order valence-corrected chi connectivity index (χ1v) is 8.57. The summed E-state index contributed by atoms with van der Waals surface area (Å²) in [6, 6.07) is 13.4. The van der Waals surface area contributed by atoms with Crippen molar-refractivity contribution in [3.05, 3.63) is 64.7 Å². The molecule has 1 unspecified atom stereocenters. The van der Waals surface area contributed by atoms with Gasteiger partial charge in [-0.3, -0.25) is 4.79 Å². The molecule has 2 rings (SSSR count). The molecule has 24 heavy (non-hydrogen) atoms. The summed E-state index contributed by atoms with van der Waals surface area (Å²) in [6.45, 7) is 5.75. The highest BCUT2D eigenvalue weighted by molar-refractivity contribution is 7.80. The van der Waals surface area contributed by atoms with Crippen LogP contribution in [-0.2, 0) is 17.6 Å². The fraction of sp³-hybridized carbons (Fsp3) is 0.300. The van der Waals surface area contributed by atoms with E-state index in [0.717, 1.165) is 23.1 Å². The van der Waals surface area contributed by atoms with Crippen molar-refractivity contribution in [2.45, 2.75) is 39.7 Å². The lowest BCUT2D eigenvalue weighted by atomic mass is 9.98. The number of ketones is 1. The molecule has 0 saturated heterocycles. The van der Waals surface area contributed by atoms with Gasteiger partial charge in [0.25, 0.3) is 0 Å². The van der Waals surface area contributed by atoms with E-state index in [2.05, 4.69) is 18.3 Å². The molecular formula is C20H24N2OS. The number of benzene rings is 2. The Morgan fingerprint density at radius 1 is 1.21 bits per heavy atom. The van der Waals surface area contributed by atoms with Gasteiger partial charge >= 0.3 is 0 Å². The quantitative estimate of drug-likeness (QED) is 0.623. The maximum absolute atomic E-state index is 12.1. The summed E-state index contributed by atoms with van der Waals surface area (Å²) in [7, 11) is 0. The molecule has 2 aromatic rings. The molecule has 1 atom stereocenters. The van der Waals surface area contributed by atoms with E-state index in [1.54, 1.807) is 6.92 Å². The zero-order valence-corrected chi connectivity index (χ0v) is 15.2. The van der Waals surface area contributed by atoms with Crippen LogP contribution in [0.1, 0.15) is 36.1 Å². The van der Waals surface area contributed by atoms with Gasteiger partial charge in [0.15, 0.2) is 5.78 Å². The van der Waals surface area contributed by atoms with Crippen molar-refractivity contribution in [2.75, 3.05) is 5.73 Å². The van der Waals surface area contributed by atoms with Crippen LogP contribution < -0.4 is 11.1 Å². The maximum atomic E-state index is 12.1. The minimum atomic E-state index is -0.342. The number of nitrogens with one attached hydrogen (secondary N) is 1. The summed E-state index contributed by atoms with van der Waals surface area (Å²) >= 11 is 5.61. The summed E-state index contributed by atoms with van der Waals surface area (Å²) in [5, 5.41) is 3.26. The predicted octanol–water partition coefficient (Wildman–Crippen LogP) is 3.61. The highest BCUT2D eigenvalue weighted by Gasteiger charge is 2.18. The molecule has 0 heterocycles. The summed E-state index contributed by atoms with van der Waals surface area (Å²) in [5.41, 5.74) is 10.9. The number of hydrogen-bond donors (Lipinski definition) is 2. The zero-order valence-electron chi connectivity index (χ0n) is 14.4. The zero-order chi connectivity index (χ0) is 17.7. The standard InChI is InChI=1S/C20H24N2OS/c1-4-16-7-5-6-13(2)19(16)20(24)22-18(14(3)23)12-15-8-10-17(21)11-9-15/h5-11,18H,4,12,21H2,1-3H3,(H,22,24). The largest absolute Gasteiger partial charge is 0.399 e. The van der Waals surface area contributed by atoms with Gasteiger partial charge in [0.1, 0.15) is 4.99 Å². The number of thiocarbonyl (C=S) groups is 1. The number of nitrogens with two attached hydrogens (primary N) is 1. The number of carbonyl (C=O) groups is 1. The molecule has 3 N–H and O–H groups in total. The fourth-order valence-electron chi connectivity index (χ4n) is 2.76. The van der Waals surface area contributed by atoms with Crippen LogP contribution in [0.2, 0.25) is 0 Å². The average molecular weight is 340 g/mol. The van der Waals surface area contributed by atoms with Crippen LogP contribution in [0.3, 0.4) is 0 Å². The fourth-order valence-corrected chi connectivity index (χ4v) is 3.20. The molecule has 0 bridgehead atoms. The van der Waals surface area contributed by atoms with Crippen LogP contribution in [0.5, 0.6) is 0 Å². The van der Waals surface area contributed by atoms with Gasteiger partial charge in [-0.2, -0.15) is 0 Å². The minimum absolute atomic E-state index is 0.0702. The van der Waals surface area contributed by atoms with E-state index in [4.69, 9.17) is 18.0 Å². The SMILES string of the molecule is CCc1cccc(C)c1C(=S)NC(Cc1ccc(N)cc1)C(C)=O. The van der Waals surface area contributed by atoms with Gasteiger partial charge in [0.2, 0.25) is 0 Å². The summed E-state index contributed by atoms with van der Waals surface area (Å²) in [4.78, 5) is 12.7. The van der Waals surface area contributed by atoms with E-state index in [0.29, 0.717) is 17.1 Å². The van der Waals surface area contributed by atoms with Crippen molar-refractivity contribution < 1.29 is 4.79 Å². The molecule has 0 aliphatic heterocycles. The van der Waals surface area contributed by atoms with Crippen LogP contribution in [0, 0.1) is 6.92 Å². The van der Waals surface area contributed by atoms with Crippen molar-refractivity contribution >= 4 is 28.7 Å². The maximum Gasteiger partial charge on any atom is 0.152 e. The van der Waals surface area contributed by atoms with E-state index in [9.17, 15) is 4.79 Å². The van der Waals surface area contributed by atoms with Gasteiger partial charge in [-0.15, -0.1) is 0 Å². The monoisotopic (exact) mass is 340 g/mol. The Bertz CT molecular complexity index is 738. The van der Waals surface area contributed by atoms with Crippen molar-refractivity contribution in [3.63, 3.8) is 0 Å². The Balaban J connectivity index is 2.20. The Labute approximate surface area is 149 Å². The number of aryl methyl sites for hydroxylation is 2. The predicted molar refractivity (Wildman–Crippen MR) is 104 cm³/mol. The first-order valence-electron chi connectivity index (χ1n) is 8.16. The number of hydrogen-bond acceptors (Lipinski definition) is 3. The van der Waals surface area contributed by atoms with Crippen molar-refractivity contribution in [1.29, 1.82) is 0 Å². The Hall–Kier alpha value is -2.20. The highest BCUT2D eigenvalue weighted by atomic mass is 32.1. The van der Waals surface area contributed by atoms with Gasteiger partial charge in [0.05, 0.1) is 6.04 Å². The van der Waals surface area contributed by atoms with E-state index < -0.39 is 0 Å². The second-order valence-electron chi connectivity index (χ2n) is 6.04. The lowest BCUT2D eigenvalue weighted by Crippen LogP contribution is -2.41. The van der Waals surface area contributed by atoms with E-state index in [1.807, 2.05) is 43.3 Å².